The molecule has 1 aromatic carbocycles. The minimum absolute atomic E-state index is 0.173. The van der Waals surface area contributed by atoms with E-state index in [9.17, 15) is 4.79 Å². The predicted octanol–water partition coefficient (Wildman–Crippen LogP) is 3.17. The number of carbonyl (C=O) groups is 1. The van der Waals surface area contributed by atoms with Crippen molar-refractivity contribution in [2.45, 2.75) is 58.9 Å². The smallest absolute Gasteiger partial charge is 0.223 e. The number of fused-ring (bicyclic) bond motifs is 1. The Morgan fingerprint density at radius 2 is 2.04 bits per heavy atom. The summed E-state index contributed by atoms with van der Waals surface area (Å²) in [6.45, 7) is 6.89. The number of imidazole rings is 1. The summed E-state index contributed by atoms with van der Waals surface area (Å²) in [6, 6.07) is 10.2. The molecule has 2 heterocycles. The van der Waals surface area contributed by atoms with E-state index in [1.54, 1.807) is 0 Å². The molecule has 0 atom stereocenters. The standard InChI is InChI=1S/C20H27N3O2/c1-16(2)25-14-18-19-13-22(11-6-12-23(19)15-21-18)20(24)10-9-17-7-4-3-5-8-17/h3-5,7-8,15-16H,6,9-14H2,1-2H3. The molecule has 0 bridgehead atoms. The molecule has 0 radical (unpaired) electrons. The molecule has 0 unspecified atom stereocenters. The van der Waals surface area contributed by atoms with E-state index in [1.165, 1.54) is 5.56 Å². The molecule has 25 heavy (non-hydrogen) atoms. The van der Waals surface area contributed by atoms with Crippen LogP contribution in [0.15, 0.2) is 36.7 Å². The summed E-state index contributed by atoms with van der Waals surface area (Å²) in [4.78, 5) is 19.2. The van der Waals surface area contributed by atoms with Gasteiger partial charge in [0.1, 0.15) is 0 Å². The highest BCUT2D eigenvalue weighted by Crippen LogP contribution is 2.18. The van der Waals surface area contributed by atoms with Gasteiger partial charge >= 0.3 is 0 Å². The number of benzene rings is 1. The third-order valence-corrected chi connectivity index (χ3v) is 4.58. The topological polar surface area (TPSA) is 47.4 Å². The number of carbonyl (C=O) groups excluding carboxylic acids is 1. The number of rotatable bonds is 6. The lowest BCUT2D eigenvalue weighted by atomic mass is 10.1. The Balaban J connectivity index is 1.63. The van der Waals surface area contributed by atoms with E-state index in [0.717, 1.165) is 37.3 Å². The Morgan fingerprint density at radius 3 is 2.80 bits per heavy atom. The van der Waals surface area contributed by atoms with E-state index in [0.29, 0.717) is 19.6 Å². The molecular weight excluding hydrogens is 314 g/mol. The molecule has 2 aromatic rings. The van der Waals surface area contributed by atoms with Crippen LogP contribution in [-0.2, 0) is 35.6 Å². The van der Waals surface area contributed by atoms with Crippen LogP contribution in [0.5, 0.6) is 0 Å². The third-order valence-electron chi connectivity index (χ3n) is 4.58. The lowest BCUT2D eigenvalue weighted by Crippen LogP contribution is -2.31. The Labute approximate surface area is 149 Å². The van der Waals surface area contributed by atoms with Crippen molar-refractivity contribution in [1.29, 1.82) is 0 Å². The van der Waals surface area contributed by atoms with Crippen molar-refractivity contribution in [3.8, 4) is 0 Å². The van der Waals surface area contributed by atoms with Crippen molar-refractivity contribution in [3.63, 3.8) is 0 Å². The first-order valence-electron chi connectivity index (χ1n) is 9.09. The van der Waals surface area contributed by atoms with Gasteiger partial charge in [0.05, 0.1) is 37.0 Å². The molecule has 0 saturated carbocycles. The zero-order valence-electron chi connectivity index (χ0n) is 15.1. The van der Waals surface area contributed by atoms with E-state index < -0.39 is 0 Å². The number of hydrogen-bond acceptors (Lipinski definition) is 3. The number of amides is 1. The summed E-state index contributed by atoms with van der Waals surface area (Å²) in [7, 11) is 0. The Kier molecular flexibility index (Phi) is 5.87. The maximum Gasteiger partial charge on any atom is 0.223 e. The van der Waals surface area contributed by atoms with Crippen LogP contribution in [0.25, 0.3) is 0 Å². The number of ether oxygens (including phenoxy) is 1. The molecule has 0 N–H and O–H groups in total. The second kappa shape index (κ2) is 8.30. The minimum Gasteiger partial charge on any atom is -0.372 e. The number of aryl methyl sites for hydroxylation is 2. The number of nitrogens with zero attached hydrogens (tertiary/aromatic N) is 3. The largest absolute Gasteiger partial charge is 0.372 e. The molecule has 5 nitrogen and oxygen atoms in total. The van der Waals surface area contributed by atoms with E-state index in [4.69, 9.17) is 4.74 Å². The van der Waals surface area contributed by atoms with Crippen LogP contribution in [0.3, 0.4) is 0 Å². The molecule has 0 aliphatic carbocycles. The van der Waals surface area contributed by atoms with Crippen LogP contribution >= 0.6 is 0 Å². The van der Waals surface area contributed by atoms with Gasteiger partial charge in [-0.25, -0.2) is 4.98 Å². The zero-order chi connectivity index (χ0) is 17.6. The SMILES string of the molecule is CC(C)OCc1ncn2c1CN(C(=O)CCc1ccccc1)CCC2. The molecule has 0 saturated heterocycles. The van der Waals surface area contributed by atoms with Crippen LogP contribution in [0.1, 0.15) is 43.6 Å². The molecule has 0 spiro atoms. The zero-order valence-corrected chi connectivity index (χ0v) is 15.1. The fourth-order valence-corrected chi connectivity index (χ4v) is 3.15. The molecule has 1 aromatic heterocycles. The van der Waals surface area contributed by atoms with Crippen LogP contribution < -0.4 is 0 Å². The second-order valence-electron chi connectivity index (χ2n) is 6.85. The highest BCUT2D eigenvalue weighted by atomic mass is 16.5. The van der Waals surface area contributed by atoms with Crippen molar-refractivity contribution in [2.75, 3.05) is 6.54 Å². The average Bonchev–Trinajstić information content (AvgIpc) is 2.86. The van der Waals surface area contributed by atoms with Crippen molar-refractivity contribution < 1.29 is 9.53 Å². The highest BCUT2D eigenvalue weighted by Gasteiger charge is 2.22. The minimum atomic E-state index is 0.173. The predicted molar refractivity (Wildman–Crippen MR) is 96.9 cm³/mol. The fourth-order valence-electron chi connectivity index (χ4n) is 3.15. The van der Waals surface area contributed by atoms with Gasteiger partial charge in [-0.1, -0.05) is 30.3 Å². The lowest BCUT2D eigenvalue weighted by molar-refractivity contribution is -0.131. The molecule has 3 rings (SSSR count). The van der Waals surface area contributed by atoms with Crippen molar-refractivity contribution in [1.82, 2.24) is 14.5 Å². The molecule has 5 heteroatoms. The summed E-state index contributed by atoms with van der Waals surface area (Å²) in [6.07, 6.45) is 4.36. The summed E-state index contributed by atoms with van der Waals surface area (Å²) in [5.74, 6) is 0.217. The Hall–Kier alpha value is -2.14. The fraction of sp³-hybridized carbons (Fsp3) is 0.500. The van der Waals surface area contributed by atoms with Gasteiger partial charge in [0.2, 0.25) is 5.91 Å². The molecule has 0 fully saturated rings. The van der Waals surface area contributed by atoms with E-state index >= 15 is 0 Å². The number of hydrogen-bond donors (Lipinski definition) is 0. The Morgan fingerprint density at radius 1 is 1.24 bits per heavy atom. The van der Waals surface area contributed by atoms with Crippen molar-refractivity contribution in [3.05, 3.63) is 53.6 Å². The van der Waals surface area contributed by atoms with Crippen LogP contribution in [-0.4, -0.2) is 33.0 Å². The quantitative estimate of drug-likeness (QED) is 0.811. The monoisotopic (exact) mass is 341 g/mol. The van der Waals surface area contributed by atoms with Crippen molar-refractivity contribution >= 4 is 5.91 Å². The molecule has 1 aliphatic rings. The molecular formula is C20H27N3O2. The first-order valence-corrected chi connectivity index (χ1v) is 9.09. The second-order valence-corrected chi connectivity index (χ2v) is 6.85. The highest BCUT2D eigenvalue weighted by molar-refractivity contribution is 5.76. The van der Waals surface area contributed by atoms with Gasteiger partial charge in [-0.15, -0.1) is 0 Å². The van der Waals surface area contributed by atoms with E-state index in [-0.39, 0.29) is 12.0 Å². The first kappa shape index (κ1) is 17.7. The summed E-state index contributed by atoms with van der Waals surface area (Å²) in [5, 5.41) is 0. The summed E-state index contributed by atoms with van der Waals surface area (Å²) in [5.41, 5.74) is 3.28. The van der Waals surface area contributed by atoms with E-state index in [1.807, 2.05) is 43.3 Å². The van der Waals surface area contributed by atoms with Gasteiger partial charge in [0.25, 0.3) is 0 Å². The maximum atomic E-state index is 12.7. The third kappa shape index (κ3) is 4.69. The number of aromatic nitrogens is 2. The van der Waals surface area contributed by atoms with Gasteiger partial charge in [0.15, 0.2) is 0 Å². The Bertz CT molecular complexity index is 694. The lowest BCUT2D eigenvalue weighted by Gasteiger charge is -2.21. The molecule has 1 aliphatic heterocycles. The van der Waals surface area contributed by atoms with Gasteiger partial charge in [-0.3, -0.25) is 4.79 Å². The van der Waals surface area contributed by atoms with E-state index in [2.05, 4.69) is 21.7 Å². The first-order chi connectivity index (χ1) is 12.1. The van der Waals surface area contributed by atoms with Crippen LogP contribution in [0.2, 0.25) is 0 Å². The average molecular weight is 341 g/mol. The van der Waals surface area contributed by atoms with Crippen LogP contribution in [0.4, 0.5) is 0 Å². The van der Waals surface area contributed by atoms with Gasteiger partial charge in [-0.2, -0.15) is 0 Å². The molecule has 134 valence electrons. The summed E-state index contributed by atoms with van der Waals surface area (Å²) >= 11 is 0. The van der Waals surface area contributed by atoms with Crippen LogP contribution in [0, 0.1) is 0 Å². The molecule has 1 amide bonds. The summed E-state index contributed by atoms with van der Waals surface area (Å²) < 4.78 is 7.89. The van der Waals surface area contributed by atoms with Gasteiger partial charge in [0, 0.05) is 19.5 Å². The van der Waals surface area contributed by atoms with Gasteiger partial charge < -0.3 is 14.2 Å². The maximum absolute atomic E-state index is 12.7. The normalized spacial score (nSPS) is 14.4. The van der Waals surface area contributed by atoms with Gasteiger partial charge in [-0.05, 0) is 32.3 Å². The van der Waals surface area contributed by atoms with Crippen molar-refractivity contribution in [2.24, 2.45) is 0 Å².